The SMILES string of the molecule is OC[C@H]1O[C@H](NC2=N[C@H]3[C@H](O2)[C@@H](O)[C@H](O)[C@]3(O)CO)[C@H](O)[C@@H](O)[C@@H]1O. The number of amidine groups is 1. The highest BCUT2D eigenvalue weighted by molar-refractivity contribution is 5.76. The Labute approximate surface area is 141 Å². The Bertz CT molecular complexity index is 533. The zero-order valence-electron chi connectivity index (χ0n) is 13.0. The second-order valence-corrected chi connectivity index (χ2v) is 6.44. The molecule has 9 N–H and O–H groups in total. The molecular weight excluding hydrogens is 344 g/mol. The fraction of sp³-hybridized carbons (Fsp3) is 0.923. The second kappa shape index (κ2) is 6.57. The van der Waals surface area contributed by atoms with E-state index in [1.165, 1.54) is 0 Å². The Hall–Kier alpha value is -1.09. The summed E-state index contributed by atoms with van der Waals surface area (Å²) in [4.78, 5) is 3.95. The van der Waals surface area contributed by atoms with Gasteiger partial charge in [-0.2, -0.15) is 0 Å². The molecule has 0 unspecified atom stereocenters. The predicted molar refractivity (Wildman–Crippen MR) is 77.0 cm³/mol. The summed E-state index contributed by atoms with van der Waals surface area (Å²) in [5.74, 6) is 0. The molecular formula is C13H22N2O10. The van der Waals surface area contributed by atoms with Crippen molar-refractivity contribution in [3.63, 3.8) is 0 Å². The summed E-state index contributed by atoms with van der Waals surface area (Å²) < 4.78 is 10.5. The molecule has 12 nitrogen and oxygen atoms in total. The van der Waals surface area contributed by atoms with E-state index in [2.05, 4.69) is 10.3 Å². The fourth-order valence-corrected chi connectivity index (χ4v) is 3.33. The molecule has 144 valence electrons. The molecule has 2 fully saturated rings. The number of hydrogen-bond donors (Lipinski definition) is 9. The first-order valence-corrected chi connectivity index (χ1v) is 7.75. The van der Waals surface area contributed by atoms with Gasteiger partial charge in [-0.15, -0.1) is 0 Å². The number of aliphatic imine (C=N–C) groups is 1. The van der Waals surface area contributed by atoms with Crippen molar-refractivity contribution in [1.82, 2.24) is 5.32 Å². The third kappa shape index (κ3) is 2.79. The maximum absolute atomic E-state index is 10.3. The first-order valence-electron chi connectivity index (χ1n) is 7.75. The van der Waals surface area contributed by atoms with Crippen molar-refractivity contribution in [3.05, 3.63) is 0 Å². The van der Waals surface area contributed by atoms with Crippen LogP contribution in [0.1, 0.15) is 0 Å². The van der Waals surface area contributed by atoms with Gasteiger partial charge in [0.1, 0.15) is 48.3 Å². The van der Waals surface area contributed by atoms with Gasteiger partial charge >= 0.3 is 0 Å². The van der Waals surface area contributed by atoms with E-state index in [4.69, 9.17) is 14.6 Å². The smallest absolute Gasteiger partial charge is 0.287 e. The Morgan fingerprint density at radius 2 is 1.68 bits per heavy atom. The van der Waals surface area contributed by atoms with Crippen molar-refractivity contribution in [2.24, 2.45) is 4.99 Å². The van der Waals surface area contributed by atoms with E-state index in [9.17, 15) is 35.7 Å². The van der Waals surface area contributed by atoms with Crippen molar-refractivity contribution in [1.29, 1.82) is 0 Å². The monoisotopic (exact) mass is 366 g/mol. The van der Waals surface area contributed by atoms with E-state index < -0.39 is 73.8 Å². The van der Waals surface area contributed by atoms with Crippen LogP contribution >= 0.6 is 0 Å². The molecule has 1 saturated carbocycles. The molecule has 2 heterocycles. The lowest BCUT2D eigenvalue weighted by Gasteiger charge is -2.40. The first-order chi connectivity index (χ1) is 11.7. The van der Waals surface area contributed by atoms with Gasteiger partial charge in [-0.3, -0.25) is 0 Å². The van der Waals surface area contributed by atoms with Gasteiger partial charge in [0.05, 0.1) is 13.2 Å². The van der Waals surface area contributed by atoms with Gasteiger partial charge in [-0.05, 0) is 0 Å². The molecule has 0 aromatic rings. The van der Waals surface area contributed by atoms with E-state index in [0.29, 0.717) is 0 Å². The van der Waals surface area contributed by atoms with Crippen LogP contribution in [0.5, 0.6) is 0 Å². The molecule has 25 heavy (non-hydrogen) atoms. The van der Waals surface area contributed by atoms with Gasteiger partial charge in [0, 0.05) is 0 Å². The van der Waals surface area contributed by atoms with Crippen LogP contribution in [0.4, 0.5) is 0 Å². The molecule has 0 amide bonds. The van der Waals surface area contributed by atoms with Crippen LogP contribution in [0.15, 0.2) is 4.99 Å². The molecule has 1 aliphatic carbocycles. The summed E-state index contributed by atoms with van der Waals surface area (Å²) >= 11 is 0. The molecule has 12 heteroatoms. The predicted octanol–water partition coefficient (Wildman–Crippen LogP) is -6.04. The largest absolute Gasteiger partial charge is 0.457 e. The number of aliphatic hydroxyl groups excluding tert-OH is 7. The lowest BCUT2D eigenvalue weighted by atomic mass is 9.97. The van der Waals surface area contributed by atoms with Crippen LogP contribution < -0.4 is 5.32 Å². The first kappa shape index (κ1) is 18.7. The minimum atomic E-state index is -2.11. The summed E-state index contributed by atoms with van der Waals surface area (Å²) in [5, 5.41) is 80.4. The number of hydrogen-bond acceptors (Lipinski definition) is 12. The summed E-state index contributed by atoms with van der Waals surface area (Å²) in [6.07, 6.45) is -11.5. The molecule has 0 radical (unpaired) electrons. The van der Waals surface area contributed by atoms with Gasteiger partial charge in [0.15, 0.2) is 12.3 Å². The Morgan fingerprint density at radius 1 is 1.00 bits per heavy atom. The van der Waals surface area contributed by atoms with Crippen LogP contribution in [0.2, 0.25) is 0 Å². The zero-order chi connectivity index (χ0) is 18.5. The van der Waals surface area contributed by atoms with E-state index in [-0.39, 0.29) is 6.02 Å². The van der Waals surface area contributed by atoms with Gasteiger partial charge in [-0.25, -0.2) is 4.99 Å². The highest BCUT2D eigenvalue weighted by Gasteiger charge is 2.63. The van der Waals surface area contributed by atoms with Gasteiger partial charge in [-0.1, -0.05) is 0 Å². The quantitative estimate of drug-likeness (QED) is 0.230. The van der Waals surface area contributed by atoms with Crippen molar-refractivity contribution in [3.8, 4) is 0 Å². The average molecular weight is 366 g/mol. The fourth-order valence-electron chi connectivity index (χ4n) is 3.33. The molecule has 0 aromatic heterocycles. The Balaban J connectivity index is 1.74. The average Bonchev–Trinajstić information content (AvgIpc) is 3.10. The number of nitrogens with one attached hydrogen (secondary N) is 1. The highest BCUT2D eigenvalue weighted by Crippen LogP contribution is 2.38. The van der Waals surface area contributed by atoms with Crippen LogP contribution in [0.25, 0.3) is 0 Å². The van der Waals surface area contributed by atoms with Crippen molar-refractivity contribution in [2.45, 2.75) is 60.6 Å². The molecule has 1 saturated heterocycles. The summed E-state index contributed by atoms with van der Waals surface area (Å²) in [6.45, 7) is -1.48. The number of ether oxygens (including phenoxy) is 2. The third-order valence-corrected chi connectivity index (χ3v) is 4.91. The molecule has 0 bridgehead atoms. The van der Waals surface area contributed by atoms with Crippen molar-refractivity contribution in [2.75, 3.05) is 13.2 Å². The Morgan fingerprint density at radius 3 is 2.28 bits per heavy atom. The van der Waals surface area contributed by atoms with E-state index >= 15 is 0 Å². The lowest BCUT2D eigenvalue weighted by Crippen LogP contribution is -2.63. The van der Waals surface area contributed by atoms with Crippen LogP contribution in [0, 0.1) is 0 Å². The van der Waals surface area contributed by atoms with Crippen LogP contribution in [0.3, 0.4) is 0 Å². The van der Waals surface area contributed by atoms with E-state index in [1.807, 2.05) is 0 Å². The Kier molecular flexibility index (Phi) is 4.91. The molecule has 0 spiro atoms. The second-order valence-electron chi connectivity index (χ2n) is 6.44. The molecule has 2 aliphatic heterocycles. The maximum atomic E-state index is 10.3. The summed E-state index contributed by atoms with van der Waals surface area (Å²) in [6, 6.07) is -1.44. The third-order valence-electron chi connectivity index (χ3n) is 4.91. The zero-order valence-corrected chi connectivity index (χ0v) is 13.0. The highest BCUT2D eigenvalue weighted by atomic mass is 16.6. The molecule has 0 aromatic carbocycles. The van der Waals surface area contributed by atoms with Gasteiger partial charge < -0.3 is 55.6 Å². The molecule has 10 atom stereocenters. The maximum Gasteiger partial charge on any atom is 0.287 e. The van der Waals surface area contributed by atoms with Gasteiger partial charge in [0.2, 0.25) is 0 Å². The minimum Gasteiger partial charge on any atom is -0.457 e. The molecule has 3 rings (SSSR count). The van der Waals surface area contributed by atoms with Gasteiger partial charge in [0.25, 0.3) is 6.02 Å². The number of aliphatic hydroxyl groups is 8. The van der Waals surface area contributed by atoms with Crippen LogP contribution in [-0.2, 0) is 9.47 Å². The standard InChI is InChI=1S/C13H22N2O10/c16-1-3-4(18)5(19)6(20)11(24-3)15-12-14-9-8(25-12)7(21)10(22)13(9,23)2-17/h3-11,16-23H,1-2H2,(H,14,15)/t3-,4-,5+,6-,7-,8-,9+,10+,11+,13+/m1/s1. The number of fused-ring (bicyclic) bond motifs is 1. The van der Waals surface area contributed by atoms with E-state index in [0.717, 1.165) is 0 Å². The topological polar surface area (TPSA) is 205 Å². The van der Waals surface area contributed by atoms with Crippen molar-refractivity contribution >= 4 is 6.02 Å². The van der Waals surface area contributed by atoms with Crippen molar-refractivity contribution < 1.29 is 50.3 Å². The normalized spacial score (nSPS) is 52.5. The number of rotatable bonds is 3. The van der Waals surface area contributed by atoms with Crippen LogP contribution in [-0.4, -0.2) is 121 Å². The summed E-state index contributed by atoms with van der Waals surface area (Å²) in [5.41, 5.74) is -2.11. The minimum absolute atomic E-state index is 0.267. The number of nitrogens with zero attached hydrogens (tertiary/aromatic N) is 1. The lowest BCUT2D eigenvalue weighted by molar-refractivity contribution is -0.233. The van der Waals surface area contributed by atoms with E-state index in [1.54, 1.807) is 0 Å². The molecule has 3 aliphatic rings. The summed E-state index contributed by atoms with van der Waals surface area (Å²) in [7, 11) is 0.